The van der Waals surface area contributed by atoms with Crippen molar-refractivity contribution in [1.29, 1.82) is 0 Å². The summed E-state index contributed by atoms with van der Waals surface area (Å²) < 4.78 is 11.1. The van der Waals surface area contributed by atoms with Crippen LogP contribution in [0.1, 0.15) is 5.56 Å². The number of anilines is 2. The summed E-state index contributed by atoms with van der Waals surface area (Å²) in [6, 6.07) is 13.1. The average Bonchev–Trinajstić information content (AvgIpc) is 2.51. The second kappa shape index (κ2) is 5.97. The van der Waals surface area contributed by atoms with Crippen LogP contribution in [0.4, 0.5) is 11.4 Å². The highest BCUT2D eigenvalue weighted by molar-refractivity contribution is 5.98. The molecule has 0 aromatic heterocycles. The number of aryl methyl sites for hydroxylation is 1. The Morgan fingerprint density at radius 2 is 2.00 bits per heavy atom. The number of nitrogen functional groups attached to an aromatic ring is 1. The van der Waals surface area contributed by atoms with Gasteiger partial charge in [0.15, 0.2) is 6.61 Å². The van der Waals surface area contributed by atoms with Crippen molar-refractivity contribution in [2.45, 2.75) is 6.92 Å². The summed E-state index contributed by atoms with van der Waals surface area (Å²) >= 11 is 0. The molecule has 5 nitrogen and oxygen atoms in total. The van der Waals surface area contributed by atoms with Gasteiger partial charge < -0.3 is 20.1 Å². The molecule has 0 saturated heterocycles. The highest BCUT2D eigenvalue weighted by Gasteiger charge is 2.25. The van der Waals surface area contributed by atoms with Crippen molar-refractivity contribution in [3.05, 3.63) is 48.0 Å². The zero-order valence-corrected chi connectivity index (χ0v) is 12.4. The van der Waals surface area contributed by atoms with Gasteiger partial charge in [-0.3, -0.25) is 4.79 Å². The Labute approximate surface area is 129 Å². The van der Waals surface area contributed by atoms with E-state index in [0.29, 0.717) is 24.6 Å². The van der Waals surface area contributed by atoms with Crippen LogP contribution < -0.4 is 20.1 Å². The Bertz CT molecular complexity index is 683. The Balaban J connectivity index is 1.67. The summed E-state index contributed by atoms with van der Waals surface area (Å²) in [4.78, 5) is 13.7. The van der Waals surface area contributed by atoms with Crippen molar-refractivity contribution in [2.24, 2.45) is 0 Å². The lowest BCUT2D eigenvalue weighted by atomic mass is 10.2. The first-order valence-corrected chi connectivity index (χ1v) is 7.15. The normalized spacial score (nSPS) is 13.5. The minimum atomic E-state index is -0.0789. The van der Waals surface area contributed by atoms with Crippen molar-refractivity contribution in [1.82, 2.24) is 0 Å². The van der Waals surface area contributed by atoms with E-state index in [1.54, 1.807) is 23.1 Å². The summed E-state index contributed by atoms with van der Waals surface area (Å²) in [5.41, 5.74) is 8.27. The topological polar surface area (TPSA) is 64.8 Å². The maximum absolute atomic E-state index is 12.0. The van der Waals surface area contributed by atoms with E-state index < -0.39 is 0 Å². The molecule has 0 atom stereocenters. The van der Waals surface area contributed by atoms with Crippen LogP contribution in [0, 0.1) is 6.92 Å². The number of carbonyl (C=O) groups excluding carboxylic acids is 1. The number of benzene rings is 2. The fraction of sp³-hybridized carbons (Fsp3) is 0.235. The molecule has 0 bridgehead atoms. The average molecular weight is 298 g/mol. The second-order valence-electron chi connectivity index (χ2n) is 5.22. The molecular formula is C17H18N2O3. The van der Waals surface area contributed by atoms with Gasteiger partial charge in [-0.25, -0.2) is 0 Å². The number of ether oxygens (including phenoxy) is 2. The molecule has 2 aromatic rings. The predicted molar refractivity (Wildman–Crippen MR) is 85.4 cm³/mol. The number of rotatable bonds is 4. The van der Waals surface area contributed by atoms with E-state index in [-0.39, 0.29) is 12.5 Å². The largest absolute Gasteiger partial charge is 0.492 e. The molecule has 1 amide bonds. The summed E-state index contributed by atoms with van der Waals surface area (Å²) in [7, 11) is 0. The predicted octanol–water partition coefficient (Wildman–Crippen LogP) is 2.38. The molecule has 114 valence electrons. The Kier molecular flexibility index (Phi) is 3.87. The molecule has 1 heterocycles. The number of nitrogens with zero attached hydrogens (tertiary/aromatic N) is 1. The quantitative estimate of drug-likeness (QED) is 0.880. The molecule has 0 aliphatic carbocycles. The molecular weight excluding hydrogens is 280 g/mol. The minimum absolute atomic E-state index is 0.0288. The van der Waals surface area contributed by atoms with Crippen LogP contribution in [0.3, 0.4) is 0 Å². The fourth-order valence-corrected chi connectivity index (χ4v) is 2.36. The molecule has 2 N–H and O–H groups in total. The molecule has 5 heteroatoms. The van der Waals surface area contributed by atoms with Gasteiger partial charge in [0, 0.05) is 11.8 Å². The standard InChI is InChI=1S/C17H18N2O3/c1-12-2-5-14(6-3-12)21-9-8-19-15-7-4-13(18)10-16(15)22-11-17(19)20/h2-7,10H,8-9,11,18H2,1H3. The van der Waals surface area contributed by atoms with E-state index in [9.17, 15) is 4.79 Å². The van der Waals surface area contributed by atoms with E-state index in [0.717, 1.165) is 11.4 Å². The van der Waals surface area contributed by atoms with Gasteiger partial charge >= 0.3 is 0 Å². The maximum Gasteiger partial charge on any atom is 0.265 e. The van der Waals surface area contributed by atoms with Crippen LogP contribution in [0.15, 0.2) is 42.5 Å². The number of fused-ring (bicyclic) bond motifs is 1. The van der Waals surface area contributed by atoms with Crippen LogP contribution in [0.5, 0.6) is 11.5 Å². The van der Waals surface area contributed by atoms with Gasteiger partial charge in [-0.05, 0) is 31.2 Å². The lowest BCUT2D eigenvalue weighted by molar-refractivity contribution is -0.121. The van der Waals surface area contributed by atoms with Crippen LogP contribution in [-0.2, 0) is 4.79 Å². The van der Waals surface area contributed by atoms with Gasteiger partial charge in [0.2, 0.25) is 0 Å². The molecule has 1 aliphatic rings. The first-order chi connectivity index (χ1) is 10.6. The van der Waals surface area contributed by atoms with Crippen molar-refractivity contribution in [2.75, 3.05) is 30.4 Å². The van der Waals surface area contributed by atoms with E-state index in [1.165, 1.54) is 5.56 Å². The highest BCUT2D eigenvalue weighted by atomic mass is 16.5. The zero-order chi connectivity index (χ0) is 15.5. The van der Waals surface area contributed by atoms with Crippen LogP contribution in [-0.4, -0.2) is 25.7 Å². The van der Waals surface area contributed by atoms with Gasteiger partial charge in [-0.2, -0.15) is 0 Å². The third kappa shape index (κ3) is 2.98. The fourth-order valence-electron chi connectivity index (χ4n) is 2.36. The van der Waals surface area contributed by atoms with E-state index in [1.807, 2.05) is 31.2 Å². The molecule has 22 heavy (non-hydrogen) atoms. The number of hydrogen-bond donors (Lipinski definition) is 1. The summed E-state index contributed by atoms with van der Waals surface area (Å²) in [6.45, 7) is 2.94. The second-order valence-corrected chi connectivity index (χ2v) is 5.22. The highest BCUT2D eigenvalue weighted by Crippen LogP contribution is 2.33. The first kappa shape index (κ1) is 14.3. The first-order valence-electron chi connectivity index (χ1n) is 7.15. The molecule has 0 spiro atoms. The van der Waals surface area contributed by atoms with Crippen molar-refractivity contribution < 1.29 is 14.3 Å². The monoisotopic (exact) mass is 298 g/mol. The molecule has 0 fully saturated rings. The van der Waals surface area contributed by atoms with Crippen LogP contribution >= 0.6 is 0 Å². The SMILES string of the molecule is Cc1ccc(OCCN2C(=O)COc3cc(N)ccc32)cc1. The van der Waals surface area contributed by atoms with Gasteiger partial charge in [0.25, 0.3) is 5.91 Å². The Hall–Kier alpha value is -2.69. The maximum atomic E-state index is 12.0. The third-order valence-corrected chi connectivity index (χ3v) is 3.53. The van der Waals surface area contributed by atoms with Gasteiger partial charge in [0.05, 0.1) is 12.2 Å². The number of carbonyl (C=O) groups is 1. The van der Waals surface area contributed by atoms with Gasteiger partial charge in [-0.15, -0.1) is 0 Å². The lowest BCUT2D eigenvalue weighted by Gasteiger charge is -2.29. The van der Waals surface area contributed by atoms with Crippen molar-refractivity contribution in [3.63, 3.8) is 0 Å². The van der Waals surface area contributed by atoms with E-state index in [4.69, 9.17) is 15.2 Å². The molecule has 0 unspecified atom stereocenters. The molecule has 0 saturated carbocycles. The molecule has 2 aromatic carbocycles. The summed E-state index contributed by atoms with van der Waals surface area (Å²) in [5, 5.41) is 0. The number of hydrogen-bond acceptors (Lipinski definition) is 4. The minimum Gasteiger partial charge on any atom is -0.492 e. The van der Waals surface area contributed by atoms with Crippen LogP contribution in [0.25, 0.3) is 0 Å². The van der Waals surface area contributed by atoms with Crippen molar-refractivity contribution >= 4 is 17.3 Å². The van der Waals surface area contributed by atoms with Gasteiger partial charge in [-0.1, -0.05) is 17.7 Å². The molecule has 3 rings (SSSR count). The zero-order valence-electron chi connectivity index (χ0n) is 12.4. The number of amides is 1. The Morgan fingerprint density at radius 1 is 1.23 bits per heavy atom. The van der Waals surface area contributed by atoms with E-state index in [2.05, 4.69) is 0 Å². The lowest BCUT2D eigenvalue weighted by Crippen LogP contribution is -2.41. The molecule has 0 radical (unpaired) electrons. The summed E-state index contributed by atoms with van der Waals surface area (Å²) in [6.07, 6.45) is 0. The third-order valence-electron chi connectivity index (χ3n) is 3.53. The Morgan fingerprint density at radius 3 is 2.77 bits per heavy atom. The summed E-state index contributed by atoms with van der Waals surface area (Å²) in [5.74, 6) is 1.35. The van der Waals surface area contributed by atoms with Crippen molar-refractivity contribution in [3.8, 4) is 11.5 Å². The number of nitrogens with two attached hydrogens (primary N) is 1. The van der Waals surface area contributed by atoms with Gasteiger partial charge in [0.1, 0.15) is 18.1 Å². The molecule has 1 aliphatic heterocycles. The van der Waals surface area contributed by atoms with E-state index >= 15 is 0 Å². The smallest absolute Gasteiger partial charge is 0.265 e. The van der Waals surface area contributed by atoms with Crippen LogP contribution in [0.2, 0.25) is 0 Å².